The van der Waals surface area contributed by atoms with Gasteiger partial charge in [-0.15, -0.1) is 0 Å². The Kier molecular flexibility index (Phi) is 6.83. The zero-order valence-electron chi connectivity index (χ0n) is 15.8. The standard InChI is InChI=1S/C21H29FN2O3/c22-19-3-1-2-17(14-19)8-12-24-15-18(4-5-20(24)26)21(27)23-10-6-16(7-11-23)9-13-25/h1-3,14,16,18,25H,4-13,15H2/t18-/m1/s1. The minimum Gasteiger partial charge on any atom is -0.396 e. The zero-order valence-corrected chi connectivity index (χ0v) is 15.8. The molecule has 1 aromatic rings. The smallest absolute Gasteiger partial charge is 0.227 e. The largest absolute Gasteiger partial charge is 0.396 e. The van der Waals surface area contributed by atoms with Gasteiger partial charge in [0.05, 0.1) is 5.92 Å². The van der Waals surface area contributed by atoms with Gasteiger partial charge in [0.2, 0.25) is 11.8 Å². The van der Waals surface area contributed by atoms with Crippen LogP contribution in [-0.2, 0) is 16.0 Å². The Bertz CT molecular complexity index is 659. The number of nitrogens with zero attached hydrogens (tertiary/aromatic N) is 2. The Balaban J connectivity index is 1.52. The van der Waals surface area contributed by atoms with Crippen molar-refractivity contribution in [1.82, 2.24) is 9.80 Å². The van der Waals surface area contributed by atoms with Crippen LogP contribution in [0, 0.1) is 17.7 Å². The molecule has 0 aliphatic carbocycles. The molecule has 1 aromatic carbocycles. The first-order valence-electron chi connectivity index (χ1n) is 9.98. The SMILES string of the molecule is O=C1CC[C@@H](C(=O)N2CCC(CCO)CC2)CN1CCc1cccc(F)c1. The molecule has 2 fully saturated rings. The van der Waals surface area contributed by atoms with E-state index >= 15 is 0 Å². The van der Waals surface area contributed by atoms with Crippen LogP contribution in [-0.4, -0.2) is 59.5 Å². The number of carbonyl (C=O) groups excluding carboxylic acids is 2. The van der Waals surface area contributed by atoms with E-state index in [4.69, 9.17) is 5.11 Å². The highest BCUT2D eigenvalue weighted by Gasteiger charge is 2.33. The van der Waals surface area contributed by atoms with E-state index in [1.807, 2.05) is 11.0 Å². The van der Waals surface area contributed by atoms with E-state index in [0.717, 1.165) is 37.9 Å². The summed E-state index contributed by atoms with van der Waals surface area (Å²) in [6.07, 6.45) is 4.32. The maximum Gasteiger partial charge on any atom is 0.227 e. The summed E-state index contributed by atoms with van der Waals surface area (Å²) in [4.78, 5) is 28.8. The molecule has 0 unspecified atom stereocenters. The maximum absolute atomic E-state index is 13.3. The fourth-order valence-corrected chi connectivity index (χ4v) is 4.17. The van der Waals surface area contributed by atoms with Gasteiger partial charge in [-0.2, -0.15) is 0 Å². The van der Waals surface area contributed by atoms with Crippen molar-refractivity contribution in [1.29, 1.82) is 0 Å². The van der Waals surface area contributed by atoms with Crippen LogP contribution < -0.4 is 0 Å². The number of piperidine rings is 2. The summed E-state index contributed by atoms with van der Waals surface area (Å²) in [7, 11) is 0. The first-order chi connectivity index (χ1) is 13.1. The lowest BCUT2D eigenvalue weighted by Crippen LogP contribution is -2.49. The minimum absolute atomic E-state index is 0.0807. The summed E-state index contributed by atoms with van der Waals surface area (Å²) in [5.74, 6) is 0.340. The van der Waals surface area contributed by atoms with Gasteiger partial charge in [-0.3, -0.25) is 9.59 Å². The topological polar surface area (TPSA) is 60.9 Å². The number of hydrogen-bond acceptors (Lipinski definition) is 3. The van der Waals surface area contributed by atoms with Gasteiger partial charge in [0.15, 0.2) is 0 Å². The van der Waals surface area contributed by atoms with Crippen molar-refractivity contribution >= 4 is 11.8 Å². The summed E-state index contributed by atoms with van der Waals surface area (Å²) in [6.45, 7) is 2.69. The quantitative estimate of drug-likeness (QED) is 0.828. The Hall–Kier alpha value is -1.95. The third-order valence-corrected chi connectivity index (χ3v) is 5.87. The van der Waals surface area contributed by atoms with Crippen molar-refractivity contribution in [2.24, 2.45) is 11.8 Å². The molecule has 5 nitrogen and oxygen atoms in total. The molecular formula is C21H29FN2O3. The number of likely N-dealkylation sites (tertiary alicyclic amines) is 2. The molecule has 2 aliphatic heterocycles. The van der Waals surface area contributed by atoms with Gasteiger partial charge in [-0.25, -0.2) is 4.39 Å². The molecule has 3 rings (SSSR count). The first kappa shape index (κ1) is 19.8. The summed E-state index contributed by atoms with van der Waals surface area (Å²) < 4.78 is 13.3. The van der Waals surface area contributed by atoms with E-state index < -0.39 is 0 Å². The highest BCUT2D eigenvalue weighted by molar-refractivity contribution is 5.84. The number of aliphatic hydroxyl groups is 1. The number of amides is 2. The van der Waals surface area contributed by atoms with Crippen LogP contribution in [0.2, 0.25) is 0 Å². The van der Waals surface area contributed by atoms with Crippen molar-refractivity contribution in [3.05, 3.63) is 35.6 Å². The van der Waals surface area contributed by atoms with Crippen LogP contribution in [0.25, 0.3) is 0 Å². The zero-order chi connectivity index (χ0) is 19.2. The third kappa shape index (κ3) is 5.28. The molecule has 2 saturated heterocycles. The average Bonchev–Trinajstić information content (AvgIpc) is 2.68. The van der Waals surface area contributed by atoms with E-state index in [1.54, 1.807) is 11.0 Å². The second-order valence-electron chi connectivity index (χ2n) is 7.74. The lowest BCUT2D eigenvalue weighted by Gasteiger charge is -2.37. The molecule has 0 bridgehead atoms. The second-order valence-corrected chi connectivity index (χ2v) is 7.74. The van der Waals surface area contributed by atoms with Crippen LogP contribution in [0.1, 0.15) is 37.7 Å². The minimum atomic E-state index is -0.268. The van der Waals surface area contributed by atoms with E-state index in [1.165, 1.54) is 12.1 Å². The van der Waals surface area contributed by atoms with Crippen molar-refractivity contribution in [2.45, 2.75) is 38.5 Å². The molecule has 148 valence electrons. The molecule has 2 aliphatic rings. The fourth-order valence-electron chi connectivity index (χ4n) is 4.17. The average molecular weight is 376 g/mol. The summed E-state index contributed by atoms with van der Waals surface area (Å²) >= 11 is 0. The molecular weight excluding hydrogens is 347 g/mol. The van der Waals surface area contributed by atoms with Gasteiger partial charge < -0.3 is 14.9 Å². The third-order valence-electron chi connectivity index (χ3n) is 5.87. The lowest BCUT2D eigenvalue weighted by atomic mass is 9.91. The van der Waals surface area contributed by atoms with Gasteiger partial charge in [0, 0.05) is 39.2 Å². The van der Waals surface area contributed by atoms with Crippen molar-refractivity contribution in [2.75, 3.05) is 32.8 Å². The Labute approximate surface area is 160 Å². The highest BCUT2D eigenvalue weighted by Crippen LogP contribution is 2.25. The van der Waals surface area contributed by atoms with E-state index in [-0.39, 0.29) is 30.2 Å². The van der Waals surface area contributed by atoms with Crippen LogP contribution in [0.3, 0.4) is 0 Å². The van der Waals surface area contributed by atoms with E-state index in [9.17, 15) is 14.0 Å². The maximum atomic E-state index is 13.3. The van der Waals surface area contributed by atoms with Crippen LogP contribution in [0.4, 0.5) is 4.39 Å². The number of hydrogen-bond donors (Lipinski definition) is 1. The van der Waals surface area contributed by atoms with Gasteiger partial charge in [-0.1, -0.05) is 12.1 Å². The van der Waals surface area contributed by atoms with Gasteiger partial charge in [0.25, 0.3) is 0 Å². The Morgan fingerprint density at radius 2 is 2.00 bits per heavy atom. The summed E-state index contributed by atoms with van der Waals surface area (Å²) in [5, 5.41) is 9.06. The number of halogens is 1. The molecule has 1 N–H and O–H groups in total. The van der Waals surface area contributed by atoms with E-state index in [0.29, 0.717) is 38.3 Å². The van der Waals surface area contributed by atoms with E-state index in [2.05, 4.69) is 0 Å². The molecule has 27 heavy (non-hydrogen) atoms. The van der Waals surface area contributed by atoms with Crippen LogP contribution in [0.15, 0.2) is 24.3 Å². The second kappa shape index (κ2) is 9.31. The summed E-state index contributed by atoms with van der Waals surface area (Å²) in [6, 6.07) is 6.44. The molecule has 0 saturated carbocycles. The van der Waals surface area contributed by atoms with Gasteiger partial charge in [0.1, 0.15) is 5.82 Å². The monoisotopic (exact) mass is 376 g/mol. The number of carbonyl (C=O) groups is 2. The Morgan fingerprint density at radius 1 is 1.22 bits per heavy atom. The molecule has 0 radical (unpaired) electrons. The highest BCUT2D eigenvalue weighted by atomic mass is 19.1. The predicted molar refractivity (Wildman–Crippen MR) is 100 cm³/mol. The fraction of sp³-hybridized carbons (Fsp3) is 0.619. The molecule has 0 spiro atoms. The molecule has 6 heteroatoms. The normalized spacial score (nSPS) is 21.6. The van der Waals surface area contributed by atoms with Crippen molar-refractivity contribution < 1.29 is 19.1 Å². The van der Waals surface area contributed by atoms with Crippen LogP contribution in [0.5, 0.6) is 0 Å². The predicted octanol–water partition coefficient (Wildman–Crippen LogP) is 2.23. The van der Waals surface area contributed by atoms with Crippen molar-refractivity contribution in [3.8, 4) is 0 Å². The molecule has 0 aromatic heterocycles. The van der Waals surface area contributed by atoms with Gasteiger partial charge in [-0.05, 0) is 55.7 Å². The Morgan fingerprint density at radius 3 is 2.70 bits per heavy atom. The number of rotatable bonds is 6. The van der Waals surface area contributed by atoms with Crippen molar-refractivity contribution in [3.63, 3.8) is 0 Å². The number of benzene rings is 1. The molecule has 1 atom stereocenters. The summed E-state index contributed by atoms with van der Waals surface area (Å²) in [5.41, 5.74) is 0.863. The van der Waals surface area contributed by atoms with Gasteiger partial charge >= 0.3 is 0 Å². The number of aliphatic hydroxyl groups excluding tert-OH is 1. The lowest BCUT2D eigenvalue weighted by molar-refractivity contribution is -0.144. The molecule has 2 amide bonds. The molecule has 2 heterocycles. The first-order valence-corrected chi connectivity index (χ1v) is 9.98. The van der Waals surface area contributed by atoms with Crippen LogP contribution >= 0.6 is 0 Å².